The molecule has 0 amide bonds. The van der Waals surface area contributed by atoms with Crippen molar-refractivity contribution in [2.24, 2.45) is 11.8 Å². The van der Waals surface area contributed by atoms with Gasteiger partial charge in [0.2, 0.25) is 0 Å². The van der Waals surface area contributed by atoms with Gasteiger partial charge >= 0.3 is 0 Å². The molecule has 0 aromatic rings. The predicted octanol–water partition coefficient (Wildman–Crippen LogP) is 3.28. The van der Waals surface area contributed by atoms with Gasteiger partial charge in [0.25, 0.3) is 0 Å². The van der Waals surface area contributed by atoms with Crippen LogP contribution in [0.25, 0.3) is 0 Å². The van der Waals surface area contributed by atoms with Crippen molar-refractivity contribution in [1.82, 2.24) is 10.2 Å². The van der Waals surface area contributed by atoms with E-state index in [1.807, 2.05) is 0 Å². The number of hydrogen-bond donors (Lipinski definition) is 1. The van der Waals surface area contributed by atoms with Gasteiger partial charge in [0.1, 0.15) is 0 Å². The van der Waals surface area contributed by atoms with E-state index in [0.29, 0.717) is 0 Å². The third-order valence-corrected chi connectivity index (χ3v) is 4.79. The van der Waals surface area contributed by atoms with Gasteiger partial charge in [0.15, 0.2) is 0 Å². The first-order valence-electron chi connectivity index (χ1n) is 8.16. The number of likely N-dealkylation sites (tertiary alicyclic amines) is 1. The highest BCUT2D eigenvalue weighted by atomic mass is 15.2. The van der Waals surface area contributed by atoms with E-state index >= 15 is 0 Å². The van der Waals surface area contributed by atoms with Crippen LogP contribution in [0.15, 0.2) is 0 Å². The largest absolute Gasteiger partial charge is 0.314 e. The smallest absolute Gasteiger partial charge is 0.00966 e. The molecule has 2 aliphatic rings. The average Bonchev–Trinajstić information content (AvgIpc) is 2.36. The molecule has 0 aromatic carbocycles. The van der Waals surface area contributed by atoms with Crippen molar-refractivity contribution in [3.63, 3.8) is 0 Å². The van der Waals surface area contributed by atoms with Crippen molar-refractivity contribution >= 4 is 0 Å². The minimum Gasteiger partial charge on any atom is -0.314 e. The molecule has 0 aromatic heterocycles. The van der Waals surface area contributed by atoms with Crippen molar-refractivity contribution in [3.8, 4) is 0 Å². The second-order valence-electron chi connectivity index (χ2n) is 6.86. The summed E-state index contributed by atoms with van der Waals surface area (Å²) < 4.78 is 0. The molecule has 2 atom stereocenters. The second kappa shape index (κ2) is 6.91. The van der Waals surface area contributed by atoms with Crippen LogP contribution in [0.3, 0.4) is 0 Å². The van der Waals surface area contributed by atoms with E-state index in [-0.39, 0.29) is 0 Å². The van der Waals surface area contributed by atoms with Gasteiger partial charge in [-0.1, -0.05) is 20.8 Å². The lowest BCUT2D eigenvalue weighted by molar-refractivity contribution is 0.0705. The quantitative estimate of drug-likeness (QED) is 0.826. The molecule has 1 heterocycles. The highest BCUT2D eigenvalue weighted by Crippen LogP contribution is 2.29. The molecule has 2 nitrogen and oxygen atoms in total. The molecule has 2 fully saturated rings. The molecule has 1 aliphatic carbocycles. The first kappa shape index (κ1) is 14.3. The lowest BCUT2D eigenvalue weighted by Gasteiger charge is -2.43. The van der Waals surface area contributed by atoms with Gasteiger partial charge in [-0.15, -0.1) is 0 Å². The average molecular weight is 252 g/mol. The summed E-state index contributed by atoms with van der Waals surface area (Å²) in [5.74, 6) is 1.81. The van der Waals surface area contributed by atoms with Crippen LogP contribution in [0.1, 0.15) is 59.3 Å². The highest BCUT2D eigenvalue weighted by molar-refractivity contribution is 4.86. The molecular formula is C16H32N2. The van der Waals surface area contributed by atoms with Crippen LogP contribution in [0.5, 0.6) is 0 Å². The van der Waals surface area contributed by atoms with Gasteiger partial charge in [0, 0.05) is 25.2 Å². The third kappa shape index (κ3) is 3.96. The maximum absolute atomic E-state index is 3.69. The zero-order valence-corrected chi connectivity index (χ0v) is 12.6. The van der Waals surface area contributed by atoms with Gasteiger partial charge in [-0.05, 0) is 56.9 Å². The molecule has 18 heavy (non-hydrogen) atoms. The SMILES string of the molecule is CCCNC1CCC(N2CC(C)CC(C)C2)CC1. The lowest BCUT2D eigenvalue weighted by Crippen LogP contribution is -2.48. The Hall–Kier alpha value is -0.0800. The summed E-state index contributed by atoms with van der Waals surface area (Å²) in [6, 6.07) is 1.69. The summed E-state index contributed by atoms with van der Waals surface area (Å²) in [7, 11) is 0. The fourth-order valence-electron chi connectivity index (χ4n) is 4.00. The Balaban J connectivity index is 1.75. The Labute approximate surface area is 114 Å². The monoisotopic (exact) mass is 252 g/mol. The molecule has 2 rings (SSSR count). The third-order valence-electron chi connectivity index (χ3n) is 4.79. The summed E-state index contributed by atoms with van der Waals surface area (Å²) in [6.45, 7) is 11.0. The van der Waals surface area contributed by atoms with E-state index in [4.69, 9.17) is 0 Å². The van der Waals surface area contributed by atoms with Gasteiger partial charge in [0.05, 0.1) is 0 Å². The van der Waals surface area contributed by atoms with E-state index < -0.39 is 0 Å². The molecule has 1 saturated heterocycles. The number of piperidine rings is 1. The van der Waals surface area contributed by atoms with Crippen LogP contribution in [0.2, 0.25) is 0 Å². The molecule has 1 aliphatic heterocycles. The van der Waals surface area contributed by atoms with Crippen LogP contribution < -0.4 is 5.32 Å². The molecule has 2 unspecified atom stereocenters. The number of rotatable bonds is 4. The Kier molecular flexibility index (Phi) is 5.50. The topological polar surface area (TPSA) is 15.3 Å². The van der Waals surface area contributed by atoms with Crippen molar-refractivity contribution in [3.05, 3.63) is 0 Å². The Morgan fingerprint density at radius 3 is 2.17 bits per heavy atom. The minimum absolute atomic E-state index is 0.806. The van der Waals surface area contributed by atoms with Crippen molar-refractivity contribution in [1.29, 1.82) is 0 Å². The summed E-state index contributed by atoms with van der Waals surface area (Å²) >= 11 is 0. The number of hydrogen-bond acceptors (Lipinski definition) is 2. The van der Waals surface area contributed by atoms with Crippen molar-refractivity contribution in [2.75, 3.05) is 19.6 Å². The normalized spacial score (nSPS) is 38.8. The molecular weight excluding hydrogens is 220 g/mol. The van der Waals surface area contributed by atoms with Gasteiger partial charge < -0.3 is 5.32 Å². The van der Waals surface area contributed by atoms with Crippen molar-refractivity contribution < 1.29 is 0 Å². The maximum Gasteiger partial charge on any atom is 0.00966 e. The Morgan fingerprint density at radius 1 is 1.00 bits per heavy atom. The Bertz CT molecular complexity index is 223. The zero-order chi connectivity index (χ0) is 13.0. The van der Waals surface area contributed by atoms with Crippen LogP contribution in [-0.4, -0.2) is 36.6 Å². The lowest BCUT2D eigenvalue weighted by atomic mass is 9.85. The summed E-state index contributed by atoms with van der Waals surface area (Å²) in [5, 5.41) is 3.69. The molecule has 2 heteroatoms. The van der Waals surface area contributed by atoms with Crippen LogP contribution in [0.4, 0.5) is 0 Å². The first-order chi connectivity index (χ1) is 8.69. The molecule has 1 N–H and O–H groups in total. The van der Waals surface area contributed by atoms with E-state index in [1.165, 1.54) is 58.2 Å². The van der Waals surface area contributed by atoms with E-state index in [0.717, 1.165) is 23.9 Å². The fourth-order valence-corrected chi connectivity index (χ4v) is 4.00. The van der Waals surface area contributed by atoms with Gasteiger partial charge in [-0.25, -0.2) is 0 Å². The highest BCUT2D eigenvalue weighted by Gasteiger charge is 2.30. The van der Waals surface area contributed by atoms with Crippen LogP contribution >= 0.6 is 0 Å². The van der Waals surface area contributed by atoms with Crippen molar-refractivity contribution in [2.45, 2.75) is 71.4 Å². The predicted molar refractivity (Wildman–Crippen MR) is 78.9 cm³/mol. The molecule has 106 valence electrons. The minimum atomic E-state index is 0.806. The number of nitrogens with zero attached hydrogens (tertiary/aromatic N) is 1. The molecule has 0 spiro atoms. The first-order valence-corrected chi connectivity index (χ1v) is 8.16. The van der Waals surface area contributed by atoms with Crippen LogP contribution in [0, 0.1) is 11.8 Å². The van der Waals surface area contributed by atoms with Gasteiger partial charge in [-0.3, -0.25) is 4.90 Å². The van der Waals surface area contributed by atoms with Gasteiger partial charge in [-0.2, -0.15) is 0 Å². The molecule has 0 radical (unpaired) electrons. The standard InChI is InChI=1S/C16H32N2/c1-4-9-17-15-5-7-16(8-6-15)18-11-13(2)10-14(3)12-18/h13-17H,4-12H2,1-3H3. The van der Waals surface area contributed by atoms with Crippen LogP contribution in [-0.2, 0) is 0 Å². The zero-order valence-electron chi connectivity index (χ0n) is 12.6. The fraction of sp³-hybridized carbons (Fsp3) is 1.00. The van der Waals surface area contributed by atoms with E-state index in [9.17, 15) is 0 Å². The Morgan fingerprint density at radius 2 is 1.61 bits per heavy atom. The second-order valence-corrected chi connectivity index (χ2v) is 6.86. The summed E-state index contributed by atoms with van der Waals surface area (Å²) in [6.07, 6.45) is 8.32. The summed E-state index contributed by atoms with van der Waals surface area (Å²) in [5.41, 5.74) is 0. The summed E-state index contributed by atoms with van der Waals surface area (Å²) in [4.78, 5) is 2.80. The van der Waals surface area contributed by atoms with E-state index in [1.54, 1.807) is 0 Å². The number of nitrogens with one attached hydrogen (secondary N) is 1. The molecule has 1 saturated carbocycles. The van der Waals surface area contributed by atoms with E-state index in [2.05, 4.69) is 31.0 Å². The maximum atomic E-state index is 3.69. The molecule has 0 bridgehead atoms.